The number of nitriles is 1. The summed E-state index contributed by atoms with van der Waals surface area (Å²) in [4.78, 5) is 0. The quantitative estimate of drug-likeness (QED) is 0.163. The van der Waals surface area contributed by atoms with Crippen molar-refractivity contribution in [3.8, 4) is 11.8 Å². The fraction of sp³-hybridized carbons (Fsp3) is 0.0455. The molecule has 3 aromatic rings. The maximum absolute atomic E-state index is 9.58. The molecule has 0 amide bonds. The molecule has 0 saturated carbocycles. The highest BCUT2D eigenvalue weighted by Crippen LogP contribution is 2.32. The Morgan fingerprint density at radius 2 is 1.57 bits per heavy atom. The summed E-state index contributed by atoms with van der Waals surface area (Å²) in [5, 5.41) is 10.8. The zero-order valence-corrected chi connectivity index (χ0v) is 20.3. The molecule has 0 bridgehead atoms. The molecule has 2 nitrogen and oxygen atoms in total. The van der Waals surface area contributed by atoms with E-state index in [1.54, 1.807) is 6.07 Å². The van der Waals surface area contributed by atoms with Gasteiger partial charge in [-0.05, 0) is 81.1 Å². The van der Waals surface area contributed by atoms with Gasteiger partial charge in [0.2, 0.25) is 0 Å². The largest absolute Gasteiger partial charge is 0.487 e. The molecule has 6 heteroatoms. The Hall–Kier alpha value is -1.27. The summed E-state index contributed by atoms with van der Waals surface area (Å²) < 4.78 is 7.93. The van der Waals surface area contributed by atoms with Gasteiger partial charge in [0.25, 0.3) is 0 Å². The molecular weight excluding hydrogens is 619 g/mol. The zero-order chi connectivity index (χ0) is 20.1. The van der Waals surface area contributed by atoms with Crippen molar-refractivity contribution in [1.82, 2.24) is 0 Å². The fourth-order valence-corrected chi connectivity index (χ4v) is 5.14. The topological polar surface area (TPSA) is 33.0 Å². The van der Waals surface area contributed by atoms with Crippen LogP contribution in [0.3, 0.4) is 0 Å². The van der Waals surface area contributed by atoms with Gasteiger partial charge in [0.1, 0.15) is 12.4 Å². The number of rotatable bonds is 5. The van der Waals surface area contributed by atoms with Crippen molar-refractivity contribution in [2.24, 2.45) is 0 Å². The van der Waals surface area contributed by atoms with Gasteiger partial charge in [0.15, 0.2) is 0 Å². The number of ether oxygens (including phenoxy) is 1. The van der Waals surface area contributed by atoms with Crippen LogP contribution in [0.1, 0.15) is 16.7 Å². The van der Waals surface area contributed by atoms with E-state index in [0.717, 1.165) is 29.6 Å². The smallest absolute Gasteiger partial charge is 0.146 e. The predicted octanol–water partition coefficient (Wildman–Crippen LogP) is 7.85. The van der Waals surface area contributed by atoms with E-state index in [0.29, 0.717) is 22.2 Å². The molecule has 0 saturated heterocycles. The average Bonchev–Trinajstić information content (AvgIpc) is 2.67. The van der Waals surface area contributed by atoms with Crippen LogP contribution in [-0.2, 0) is 6.61 Å². The number of nitrogens with zero attached hydrogens (tertiary/aromatic N) is 1. The Morgan fingerprint density at radius 3 is 2.18 bits per heavy atom. The summed E-state index contributed by atoms with van der Waals surface area (Å²) in [5.41, 5.74) is 3.08. The van der Waals surface area contributed by atoms with Gasteiger partial charge < -0.3 is 4.74 Å². The van der Waals surface area contributed by atoms with Gasteiger partial charge in [-0.2, -0.15) is 5.26 Å². The van der Waals surface area contributed by atoms with E-state index in [1.807, 2.05) is 60.7 Å². The molecule has 28 heavy (non-hydrogen) atoms. The third kappa shape index (κ3) is 5.20. The second-order valence-electron chi connectivity index (χ2n) is 5.84. The van der Waals surface area contributed by atoms with Crippen LogP contribution in [0, 0.1) is 18.5 Å². The molecule has 0 aliphatic heterocycles. The predicted molar refractivity (Wildman–Crippen MR) is 133 cm³/mol. The Labute approximate surface area is 201 Å². The second-order valence-corrected chi connectivity index (χ2v) is 8.98. The van der Waals surface area contributed by atoms with Crippen molar-refractivity contribution in [3.63, 3.8) is 0 Å². The molecule has 140 valence electrons. The van der Waals surface area contributed by atoms with Crippen LogP contribution in [0.2, 0.25) is 10.0 Å². The Kier molecular flexibility index (Phi) is 7.63. The van der Waals surface area contributed by atoms with E-state index in [4.69, 9.17) is 27.9 Å². The van der Waals surface area contributed by atoms with Crippen LogP contribution in [0.15, 0.2) is 60.7 Å². The minimum Gasteiger partial charge on any atom is -0.487 e. The van der Waals surface area contributed by atoms with Gasteiger partial charge in [-0.15, -0.1) is 0 Å². The minimum atomic E-state index is 0.393. The standard InChI is InChI=1S/C22H13Cl2I2NO/c23-18-7-3-1-5-15(18)13-28-22-20(25)10-14(11-21(22)26)9-16(12-27)17-6-2-4-8-19(17)24/h1-11H,13H2. The molecule has 0 unspecified atom stereocenters. The van der Waals surface area contributed by atoms with Crippen LogP contribution in [0.5, 0.6) is 5.75 Å². The van der Waals surface area contributed by atoms with Crippen LogP contribution < -0.4 is 4.74 Å². The number of halogens is 4. The highest BCUT2D eigenvalue weighted by atomic mass is 127. The summed E-state index contributed by atoms with van der Waals surface area (Å²) >= 11 is 16.9. The van der Waals surface area contributed by atoms with Gasteiger partial charge in [-0.1, -0.05) is 59.6 Å². The fourth-order valence-electron chi connectivity index (χ4n) is 2.58. The molecule has 0 radical (unpaired) electrons. The van der Waals surface area contributed by atoms with E-state index in [1.165, 1.54) is 0 Å². The van der Waals surface area contributed by atoms with Crippen molar-refractivity contribution >= 4 is 80.0 Å². The summed E-state index contributed by atoms with van der Waals surface area (Å²) in [6.45, 7) is 0.393. The van der Waals surface area contributed by atoms with Crippen LogP contribution in [-0.4, -0.2) is 0 Å². The molecule has 0 N–H and O–H groups in total. The first-order chi connectivity index (χ1) is 13.5. The Bertz CT molecular complexity index is 1070. The molecule has 0 aromatic heterocycles. The average molecular weight is 632 g/mol. The van der Waals surface area contributed by atoms with E-state index >= 15 is 0 Å². The van der Waals surface area contributed by atoms with Crippen molar-refractivity contribution in [2.45, 2.75) is 6.61 Å². The van der Waals surface area contributed by atoms with Gasteiger partial charge in [-0.25, -0.2) is 0 Å². The third-order valence-corrected chi connectivity index (χ3v) is 6.25. The molecule has 0 aliphatic rings. The molecule has 3 rings (SSSR count). The highest BCUT2D eigenvalue weighted by molar-refractivity contribution is 14.1. The van der Waals surface area contributed by atoms with Crippen molar-refractivity contribution in [3.05, 3.63) is 94.5 Å². The number of hydrogen-bond donors (Lipinski definition) is 0. The molecule has 0 aliphatic carbocycles. The highest BCUT2D eigenvalue weighted by Gasteiger charge is 2.11. The normalized spacial score (nSPS) is 11.2. The first-order valence-corrected chi connectivity index (χ1v) is 11.1. The Morgan fingerprint density at radius 1 is 0.964 bits per heavy atom. The lowest BCUT2D eigenvalue weighted by molar-refractivity contribution is 0.302. The van der Waals surface area contributed by atoms with E-state index in [9.17, 15) is 5.26 Å². The monoisotopic (exact) mass is 631 g/mol. The van der Waals surface area contributed by atoms with E-state index in [-0.39, 0.29) is 0 Å². The minimum absolute atomic E-state index is 0.393. The van der Waals surface area contributed by atoms with Gasteiger partial charge >= 0.3 is 0 Å². The molecule has 3 aromatic carbocycles. The number of hydrogen-bond acceptors (Lipinski definition) is 2. The Balaban J connectivity index is 1.88. The SMILES string of the molecule is N#CC(=Cc1cc(I)c(OCc2ccccc2Cl)c(I)c1)c1ccccc1Cl. The first-order valence-electron chi connectivity index (χ1n) is 8.21. The maximum atomic E-state index is 9.58. The van der Waals surface area contributed by atoms with Crippen LogP contribution >= 0.6 is 68.4 Å². The summed E-state index contributed by atoms with van der Waals surface area (Å²) in [6, 6.07) is 21.2. The summed E-state index contributed by atoms with van der Waals surface area (Å²) in [7, 11) is 0. The molecule has 0 spiro atoms. The van der Waals surface area contributed by atoms with Gasteiger partial charge in [0, 0.05) is 21.2 Å². The van der Waals surface area contributed by atoms with Crippen molar-refractivity contribution < 1.29 is 4.74 Å². The van der Waals surface area contributed by atoms with Crippen LogP contribution in [0.4, 0.5) is 0 Å². The van der Waals surface area contributed by atoms with Gasteiger partial charge in [0.05, 0.1) is 18.8 Å². The lowest BCUT2D eigenvalue weighted by atomic mass is 10.0. The van der Waals surface area contributed by atoms with Crippen molar-refractivity contribution in [2.75, 3.05) is 0 Å². The molecular formula is C22H13Cl2I2NO. The molecule has 0 atom stereocenters. The lowest BCUT2D eigenvalue weighted by Gasteiger charge is -2.12. The third-order valence-electron chi connectivity index (χ3n) is 3.95. The number of allylic oxidation sites excluding steroid dienone is 1. The summed E-state index contributed by atoms with van der Waals surface area (Å²) in [5.74, 6) is 0.800. The lowest BCUT2D eigenvalue weighted by Crippen LogP contribution is -2.00. The maximum Gasteiger partial charge on any atom is 0.146 e. The second kappa shape index (κ2) is 9.97. The van der Waals surface area contributed by atoms with Crippen LogP contribution in [0.25, 0.3) is 11.6 Å². The van der Waals surface area contributed by atoms with E-state index in [2.05, 4.69) is 51.3 Å². The zero-order valence-electron chi connectivity index (χ0n) is 14.4. The van der Waals surface area contributed by atoms with Crippen molar-refractivity contribution in [1.29, 1.82) is 5.26 Å². The molecule has 0 fully saturated rings. The summed E-state index contributed by atoms with van der Waals surface area (Å²) in [6.07, 6.45) is 1.84. The number of benzene rings is 3. The van der Waals surface area contributed by atoms with E-state index < -0.39 is 0 Å². The first kappa shape index (κ1) is 21.4. The molecule has 0 heterocycles. The van der Waals surface area contributed by atoms with Gasteiger partial charge in [-0.3, -0.25) is 0 Å².